The Bertz CT molecular complexity index is 577. The number of carbonyl (C=O) groups is 1. The number of nitrogens with zero attached hydrogens (tertiary/aromatic N) is 3. The Hall–Kier alpha value is -1.77. The van der Waals surface area contributed by atoms with Crippen LogP contribution in [0.2, 0.25) is 5.02 Å². The van der Waals surface area contributed by atoms with Gasteiger partial charge in [0.1, 0.15) is 5.75 Å². The molecule has 1 saturated heterocycles. The van der Waals surface area contributed by atoms with E-state index in [0.29, 0.717) is 30.4 Å². The maximum atomic E-state index is 12.4. The highest BCUT2D eigenvalue weighted by Crippen LogP contribution is 2.26. The fourth-order valence-electron chi connectivity index (χ4n) is 2.43. The number of nitriles is 1. The monoisotopic (exact) mass is 321 g/mol. The summed E-state index contributed by atoms with van der Waals surface area (Å²) < 4.78 is 5.73. The average Bonchev–Trinajstić information content (AvgIpc) is 2.51. The van der Waals surface area contributed by atoms with Gasteiger partial charge in [-0.05, 0) is 31.5 Å². The number of hydrogen-bond acceptors (Lipinski definition) is 4. The Morgan fingerprint density at radius 3 is 2.73 bits per heavy atom. The average molecular weight is 322 g/mol. The van der Waals surface area contributed by atoms with Crippen LogP contribution in [-0.2, 0) is 4.79 Å². The summed E-state index contributed by atoms with van der Waals surface area (Å²) in [5.74, 6) is 0.486. The van der Waals surface area contributed by atoms with Crippen LogP contribution in [0.15, 0.2) is 18.2 Å². The van der Waals surface area contributed by atoms with Gasteiger partial charge < -0.3 is 9.64 Å². The molecular weight excluding hydrogens is 302 g/mol. The minimum absolute atomic E-state index is 0.0471. The van der Waals surface area contributed by atoms with E-state index in [1.165, 1.54) is 0 Å². The summed E-state index contributed by atoms with van der Waals surface area (Å²) in [6, 6.07) is 7.63. The first-order chi connectivity index (χ1) is 10.5. The molecular formula is C16H20ClN3O2. The lowest BCUT2D eigenvalue weighted by atomic mass is 10.2. The molecule has 0 radical (unpaired) electrons. The molecule has 0 spiro atoms. The second-order valence-electron chi connectivity index (χ2n) is 5.45. The third kappa shape index (κ3) is 4.12. The van der Waals surface area contributed by atoms with Crippen LogP contribution >= 0.6 is 11.6 Å². The van der Waals surface area contributed by atoms with Crippen LogP contribution in [0.25, 0.3) is 0 Å². The van der Waals surface area contributed by atoms with Gasteiger partial charge in [-0.1, -0.05) is 17.7 Å². The van der Waals surface area contributed by atoms with Crippen molar-refractivity contribution in [3.63, 3.8) is 0 Å². The van der Waals surface area contributed by atoms with E-state index in [2.05, 4.69) is 6.07 Å². The van der Waals surface area contributed by atoms with Crippen LogP contribution in [-0.4, -0.2) is 54.5 Å². The van der Waals surface area contributed by atoms with E-state index in [4.69, 9.17) is 21.6 Å². The summed E-state index contributed by atoms with van der Waals surface area (Å²) in [6.45, 7) is 6.78. The van der Waals surface area contributed by atoms with Gasteiger partial charge in [-0.3, -0.25) is 9.69 Å². The van der Waals surface area contributed by atoms with E-state index < -0.39 is 6.10 Å². The number of benzene rings is 1. The lowest BCUT2D eigenvalue weighted by Crippen LogP contribution is -2.51. The molecule has 1 aliphatic rings. The maximum Gasteiger partial charge on any atom is 0.263 e. The van der Waals surface area contributed by atoms with E-state index in [1.54, 1.807) is 17.9 Å². The van der Waals surface area contributed by atoms with Gasteiger partial charge in [-0.25, -0.2) is 0 Å². The van der Waals surface area contributed by atoms with Crippen molar-refractivity contribution >= 4 is 17.5 Å². The van der Waals surface area contributed by atoms with Crippen molar-refractivity contribution in [3.05, 3.63) is 28.8 Å². The fourth-order valence-corrected chi connectivity index (χ4v) is 2.59. The van der Waals surface area contributed by atoms with E-state index in [9.17, 15) is 4.79 Å². The Labute approximate surface area is 136 Å². The summed E-state index contributed by atoms with van der Waals surface area (Å²) in [6.07, 6.45) is -0.582. The predicted octanol–water partition coefficient (Wildman–Crippen LogP) is 2.08. The lowest BCUT2D eigenvalue weighted by molar-refractivity contribution is -0.139. The molecule has 1 aliphatic heterocycles. The molecule has 0 aromatic heterocycles. The summed E-state index contributed by atoms with van der Waals surface area (Å²) >= 11 is 6.10. The summed E-state index contributed by atoms with van der Waals surface area (Å²) in [5, 5.41) is 9.19. The molecule has 2 rings (SSSR count). The Balaban J connectivity index is 1.93. The Morgan fingerprint density at radius 1 is 1.41 bits per heavy atom. The first-order valence-corrected chi connectivity index (χ1v) is 7.70. The highest BCUT2D eigenvalue weighted by atomic mass is 35.5. The highest BCUT2D eigenvalue weighted by molar-refractivity contribution is 6.32. The standard InChI is InChI=1S/C16H20ClN3O2/c1-12-3-4-14(17)15(11-12)22-13(2)16(21)20-9-7-19(6-5-18)8-10-20/h3-4,11,13H,6-10H2,1-2H3. The van der Waals surface area contributed by atoms with Crippen LogP contribution in [0.4, 0.5) is 0 Å². The zero-order chi connectivity index (χ0) is 16.1. The van der Waals surface area contributed by atoms with Crippen LogP contribution in [0, 0.1) is 18.3 Å². The van der Waals surface area contributed by atoms with Gasteiger partial charge in [0, 0.05) is 26.2 Å². The topological polar surface area (TPSA) is 56.6 Å². The number of rotatable bonds is 4. The molecule has 5 nitrogen and oxygen atoms in total. The van der Waals surface area contributed by atoms with Gasteiger partial charge in [-0.15, -0.1) is 0 Å². The van der Waals surface area contributed by atoms with Gasteiger partial charge in [0.2, 0.25) is 0 Å². The van der Waals surface area contributed by atoms with Gasteiger partial charge >= 0.3 is 0 Å². The van der Waals surface area contributed by atoms with E-state index in [0.717, 1.165) is 18.7 Å². The van der Waals surface area contributed by atoms with Gasteiger partial charge in [-0.2, -0.15) is 5.26 Å². The normalized spacial score (nSPS) is 16.9. The second kappa shape index (κ2) is 7.48. The number of amides is 1. The summed E-state index contributed by atoms with van der Waals surface area (Å²) in [7, 11) is 0. The molecule has 1 heterocycles. The first kappa shape index (κ1) is 16.6. The molecule has 1 aromatic carbocycles. The Kier molecular flexibility index (Phi) is 5.64. The van der Waals surface area contributed by atoms with Crippen molar-refractivity contribution in [1.82, 2.24) is 9.80 Å². The van der Waals surface area contributed by atoms with Crippen LogP contribution < -0.4 is 4.74 Å². The minimum Gasteiger partial charge on any atom is -0.479 e. The van der Waals surface area contributed by atoms with E-state index >= 15 is 0 Å². The minimum atomic E-state index is -0.582. The molecule has 0 aliphatic carbocycles. The second-order valence-corrected chi connectivity index (χ2v) is 5.86. The number of carbonyl (C=O) groups excluding carboxylic acids is 1. The molecule has 6 heteroatoms. The van der Waals surface area contributed by atoms with E-state index in [-0.39, 0.29) is 5.91 Å². The molecule has 0 saturated carbocycles. The number of halogens is 1. The van der Waals surface area contributed by atoms with Crippen molar-refractivity contribution < 1.29 is 9.53 Å². The third-order valence-corrected chi connectivity index (χ3v) is 4.03. The molecule has 0 bridgehead atoms. The van der Waals surface area contributed by atoms with Crippen molar-refractivity contribution in [2.45, 2.75) is 20.0 Å². The number of aryl methyl sites for hydroxylation is 1. The van der Waals surface area contributed by atoms with Gasteiger partial charge in [0.15, 0.2) is 6.10 Å². The van der Waals surface area contributed by atoms with Crippen molar-refractivity contribution in [3.8, 4) is 11.8 Å². The molecule has 118 valence electrons. The van der Waals surface area contributed by atoms with E-state index in [1.807, 2.05) is 24.0 Å². The maximum absolute atomic E-state index is 12.4. The highest BCUT2D eigenvalue weighted by Gasteiger charge is 2.26. The molecule has 1 unspecified atom stereocenters. The summed E-state index contributed by atoms with van der Waals surface area (Å²) in [4.78, 5) is 16.3. The van der Waals surface area contributed by atoms with Crippen molar-refractivity contribution in [1.29, 1.82) is 5.26 Å². The SMILES string of the molecule is Cc1ccc(Cl)c(OC(C)C(=O)N2CCN(CC#N)CC2)c1. The number of piperazine rings is 1. The third-order valence-electron chi connectivity index (χ3n) is 3.72. The fraction of sp³-hybridized carbons (Fsp3) is 0.500. The molecule has 22 heavy (non-hydrogen) atoms. The van der Waals surface area contributed by atoms with Gasteiger partial charge in [0.05, 0.1) is 17.6 Å². The molecule has 1 amide bonds. The zero-order valence-corrected chi connectivity index (χ0v) is 13.6. The van der Waals surface area contributed by atoms with Gasteiger partial charge in [0.25, 0.3) is 5.91 Å². The zero-order valence-electron chi connectivity index (χ0n) is 12.9. The number of hydrogen-bond donors (Lipinski definition) is 0. The lowest BCUT2D eigenvalue weighted by Gasteiger charge is -2.34. The first-order valence-electron chi connectivity index (χ1n) is 7.32. The molecule has 1 fully saturated rings. The predicted molar refractivity (Wildman–Crippen MR) is 84.9 cm³/mol. The molecule has 1 atom stereocenters. The van der Waals surface area contributed by atoms with Crippen LogP contribution in [0.5, 0.6) is 5.75 Å². The molecule has 0 N–H and O–H groups in total. The van der Waals surface area contributed by atoms with Crippen LogP contribution in [0.3, 0.4) is 0 Å². The quantitative estimate of drug-likeness (QED) is 0.797. The molecule has 1 aromatic rings. The number of ether oxygens (including phenoxy) is 1. The largest absolute Gasteiger partial charge is 0.479 e. The summed E-state index contributed by atoms with van der Waals surface area (Å²) in [5.41, 5.74) is 1.03. The van der Waals surface area contributed by atoms with Crippen molar-refractivity contribution in [2.24, 2.45) is 0 Å². The smallest absolute Gasteiger partial charge is 0.263 e. The van der Waals surface area contributed by atoms with Crippen LogP contribution in [0.1, 0.15) is 12.5 Å². The van der Waals surface area contributed by atoms with Crippen molar-refractivity contribution in [2.75, 3.05) is 32.7 Å². The Morgan fingerprint density at radius 2 is 2.09 bits per heavy atom.